The fourth-order valence-electron chi connectivity index (χ4n) is 2.08. The van der Waals surface area contributed by atoms with Crippen LogP contribution in [0.15, 0.2) is 30.3 Å². The predicted octanol–water partition coefficient (Wildman–Crippen LogP) is 1.86. The van der Waals surface area contributed by atoms with Crippen molar-refractivity contribution < 1.29 is 9.90 Å². The van der Waals surface area contributed by atoms with E-state index in [-0.39, 0.29) is 12.0 Å². The Labute approximate surface area is 108 Å². The standard InChI is InChI=1S/C15H19NO2/c1-2-12-3-5-13(6-4-12)7-8-15(18)16-10-9-14(17)11-16/h3-8,14,17H,2,9-11H2,1H3/b8-7+/t14-/m1/s1. The van der Waals surface area contributed by atoms with Gasteiger partial charge in [-0.2, -0.15) is 0 Å². The molecule has 1 atom stereocenters. The summed E-state index contributed by atoms with van der Waals surface area (Å²) in [4.78, 5) is 13.5. The van der Waals surface area contributed by atoms with E-state index in [1.54, 1.807) is 11.0 Å². The van der Waals surface area contributed by atoms with E-state index in [4.69, 9.17) is 0 Å². The molecule has 0 bridgehead atoms. The molecule has 3 nitrogen and oxygen atoms in total. The van der Waals surface area contributed by atoms with E-state index in [9.17, 15) is 9.90 Å². The molecule has 3 heteroatoms. The lowest BCUT2D eigenvalue weighted by Crippen LogP contribution is -2.27. The minimum absolute atomic E-state index is 0.0221. The van der Waals surface area contributed by atoms with Gasteiger partial charge in [0.25, 0.3) is 0 Å². The molecule has 0 radical (unpaired) electrons. The van der Waals surface area contributed by atoms with Crippen LogP contribution in [-0.2, 0) is 11.2 Å². The van der Waals surface area contributed by atoms with Gasteiger partial charge in [-0.3, -0.25) is 4.79 Å². The van der Waals surface area contributed by atoms with Crippen molar-refractivity contribution in [3.63, 3.8) is 0 Å². The number of hydrogen-bond donors (Lipinski definition) is 1. The quantitative estimate of drug-likeness (QED) is 0.826. The highest BCUT2D eigenvalue weighted by molar-refractivity contribution is 5.92. The summed E-state index contributed by atoms with van der Waals surface area (Å²) >= 11 is 0. The summed E-state index contributed by atoms with van der Waals surface area (Å²) in [6, 6.07) is 8.18. The monoisotopic (exact) mass is 245 g/mol. The van der Waals surface area contributed by atoms with Crippen molar-refractivity contribution in [3.8, 4) is 0 Å². The number of hydrogen-bond acceptors (Lipinski definition) is 2. The average molecular weight is 245 g/mol. The van der Waals surface area contributed by atoms with Crippen LogP contribution < -0.4 is 0 Å². The molecule has 1 amide bonds. The highest BCUT2D eigenvalue weighted by Crippen LogP contribution is 2.11. The van der Waals surface area contributed by atoms with Crippen LogP contribution in [0.25, 0.3) is 6.08 Å². The van der Waals surface area contributed by atoms with Gasteiger partial charge in [-0.05, 0) is 30.0 Å². The second-order valence-corrected chi connectivity index (χ2v) is 4.66. The van der Waals surface area contributed by atoms with Crippen LogP contribution in [0, 0.1) is 0 Å². The number of rotatable bonds is 3. The van der Waals surface area contributed by atoms with Crippen LogP contribution in [-0.4, -0.2) is 35.1 Å². The SMILES string of the molecule is CCc1ccc(/C=C/C(=O)N2CC[C@@H](O)C2)cc1. The Morgan fingerprint density at radius 3 is 2.72 bits per heavy atom. The predicted molar refractivity (Wildman–Crippen MR) is 72.1 cm³/mol. The molecule has 1 saturated heterocycles. The van der Waals surface area contributed by atoms with Crippen molar-refractivity contribution in [2.24, 2.45) is 0 Å². The van der Waals surface area contributed by atoms with Crippen molar-refractivity contribution >= 4 is 12.0 Å². The van der Waals surface area contributed by atoms with Gasteiger partial charge in [-0.25, -0.2) is 0 Å². The third-order valence-corrected chi connectivity index (χ3v) is 3.28. The van der Waals surface area contributed by atoms with Crippen LogP contribution in [0.5, 0.6) is 0 Å². The number of carbonyl (C=O) groups excluding carboxylic acids is 1. The molecule has 1 aliphatic heterocycles. The summed E-state index contributed by atoms with van der Waals surface area (Å²) in [5.41, 5.74) is 2.32. The van der Waals surface area contributed by atoms with E-state index in [2.05, 4.69) is 19.1 Å². The second-order valence-electron chi connectivity index (χ2n) is 4.66. The minimum atomic E-state index is -0.355. The van der Waals surface area contributed by atoms with Crippen molar-refractivity contribution in [3.05, 3.63) is 41.5 Å². The first kappa shape index (κ1) is 12.8. The Balaban J connectivity index is 1.95. The van der Waals surface area contributed by atoms with Gasteiger partial charge in [-0.15, -0.1) is 0 Å². The number of aryl methyl sites for hydroxylation is 1. The lowest BCUT2D eigenvalue weighted by atomic mass is 10.1. The number of β-amino-alcohol motifs (C(OH)–C–C–N with tert-alkyl or cyclic N) is 1. The Morgan fingerprint density at radius 2 is 2.17 bits per heavy atom. The average Bonchev–Trinajstić information content (AvgIpc) is 2.83. The first-order valence-electron chi connectivity index (χ1n) is 6.43. The summed E-state index contributed by atoms with van der Waals surface area (Å²) in [5.74, 6) is -0.0221. The Hall–Kier alpha value is -1.61. The molecule has 0 aromatic heterocycles. The minimum Gasteiger partial charge on any atom is -0.391 e. The molecule has 0 spiro atoms. The number of nitrogens with zero attached hydrogens (tertiary/aromatic N) is 1. The molecule has 1 heterocycles. The number of aliphatic hydroxyl groups excluding tert-OH is 1. The molecular formula is C15H19NO2. The molecule has 96 valence electrons. The van der Waals surface area contributed by atoms with Gasteiger partial charge in [0.2, 0.25) is 5.91 Å². The van der Waals surface area contributed by atoms with Gasteiger partial charge in [0.05, 0.1) is 6.10 Å². The van der Waals surface area contributed by atoms with Gasteiger partial charge in [-0.1, -0.05) is 31.2 Å². The smallest absolute Gasteiger partial charge is 0.246 e. The topological polar surface area (TPSA) is 40.5 Å². The maximum absolute atomic E-state index is 11.8. The first-order chi connectivity index (χ1) is 8.69. The van der Waals surface area contributed by atoms with Gasteiger partial charge >= 0.3 is 0 Å². The lowest BCUT2D eigenvalue weighted by molar-refractivity contribution is -0.125. The molecular weight excluding hydrogens is 226 g/mol. The maximum atomic E-state index is 11.8. The largest absolute Gasteiger partial charge is 0.391 e. The molecule has 1 aliphatic rings. The number of carbonyl (C=O) groups is 1. The van der Waals surface area contributed by atoms with Crippen LogP contribution in [0.3, 0.4) is 0 Å². The second kappa shape index (κ2) is 5.83. The van der Waals surface area contributed by atoms with Crippen LogP contribution in [0.4, 0.5) is 0 Å². The van der Waals surface area contributed by atoms with Crippen LogP contribution in [0.2, 0.25) is 0 Å². The first-order valence-corrected chi connectivity index (χ1v) is 6.43. The van der Waals surface area contributed by atoms with E-state index in [0.29, 0.717) is 19.5 Å². The zero-order valence-corrected chi connectivity index (χ0v) is 10.7. The summed E-state index contributed by atoms with van der Waals surface area (Å²) in [5, 5.41) is 9.37. The van der Waals surface area contributed by atoms with Gasteiger partial charge in [0, 0.05) is 19.2 Å². The molecule has 1 fully saturated rings. The van der Waals surface area contributed by atoms with Crippen LogP contribution in [0.1, 0.15) is 24.5 Å². The molecule has 1 aromatic carbocycles. The Bertz CT molecular complexity index is 436. The Morgan fingerprint density at radius 1 is 1.44 bits per heavy atom. The zero-order chi connectivity index (χ0) is 13.0. The van der Waals surface area contributed by atoms with Crippen LogP contribution >= 0.6 is 0 Å². The number of benzene rings is 1. The summed E-state index contributed by atoms with van der Waals surface area (Å²) in [6.45, 7) is 3.23. The highest BCUT2D eigenvalue weighted by atomic mass is 16.3. The third-order valence-electron chi connectivity index (χ3n) is 3.28. The Kier molecular flexibility index (Phi) is 4.15. The van der Waals surface area contributed by atoms with Crippen molar-refractivity contribution in [2.75, 3.05) is 13.1 Å². The van der Waals surface area contributed by atoms with E-state index >= 15 is 0 Å². The number of likely N-dealkylation sites (tertiary alicyclic amines) is 1. The van der Waals surface area contributed by atoms with Gasteiger partial charge in [0.15, 0.2) is 0 Å². The highest BCUT2D eigenvalue weighted by Gasteiger charge is 2.22. The van der Waals surface area contributed by atoms with Gasteiger partial charge < -0.3 is 10.0 Å². The van der Waals surface area contributed by atoms with Crippen molar-refractivity contribution in [1.29, 1.82) is 0 Å². The summed E-state index contributed by atoms with van der Waals surface area (Å²) < 4.78 is 0. The van der Waals surface area contributed by atoms with Gasteiger partial charge in [0.1, 0.15) is 0 Å². The van der Waals surface area contributed by atoms with E-state index in [1.807, 2.05) is 18.2 Å². The summed E-state index contributed by atoms with van der Waals surface area (Å²) in [7, 11) is 0. The molecule has 18 heavy (non-hydrogen) atoms. The lowest BCUT2D eigenvalue weighted by Gasteiger charge is -2.12. The van der Waals surface area contributed by atoms with E-state index in [0.717, 1.165) is 12.0 Å². The fourth-order valence-corrected chi connectivity index (χ4v) is 2.08. The van der Waals surface area contributed by atoms with E-state index < -0.39 is 0 Å². The normalized spacial score (nSPS) is 19.7. The number of aliphatic hydroxyl groups is 1. The summed E-state index contributed by atoms with van der Waals surface area (Å²) in [6.07, 6.45) is 4.76. The van der Waals surface area contributed by atoms with Crippen molar-refractivity contribution in [1.82, 2.24) is 4.90 Å². The molecule has 1 N–H and O–H groups in total. The van der Waals surface area contributed by atoms with E-state index in [1.165, 1.54) is 5.56 Å². The molecule has 1 aromatic rings. The molecule has 0 aliphatic carbocycles. The third kappa shape index (κ3) is 3.20. The molecule has 0 unspecified atom stereocenters. The maximum Gasteiger partial charge on any atom is 0.246 e. The molecule has 0 saturated carbocycles. The zero-order valence-electron chi connectivity index (χ0n) is 10.7. The number of amides is 1. The molecule has 2 rings (SSSR count). The van der Waals surface area contributed by atoms with Crippen molar-refractivity contribution in [2.45, 2.75) is 25.9 Å². The fraction of sp³-hybridized carbons (Fsp3) is 0.400.